The summed E-state index contributed by atoms with van der Waals surface area (Å²) >= 11 is 0. The Morgan fingerprint density at radius 3 is 2.46 bits per heavy atom. The second-order valence-corrected chi connectivity index (χ2v) is 11.9. The topological polar surface area (TPSA) is 89.0 Å². The summed E-state index contributed by atoms with van der Waals surface area (Å²) < 4.78 is 13.5. The summed E-state index contributed by atoms with van der Waals surface area (Å²) in [4.78, 5) is 35.7. The maximum atomic E-state index is 13.5. The number of halogens is 1. The van der Waals surface area contributed by atoms with Crippen LogP contribution in [0.3, 0.4) is 0 Å². The van der Waals surface area contributed by atoms with Crippen molar-refractivity contribution in [3.05, 3.63) is 54.1 Å². The molecule has 2 aliphatic heterocycles. The van der Waals surface area contributed by atoms with Gasteiger partial charge in [0.25, 0.3) is 0 Å². The number of rotatable bonds is 5. The number of nitrogens with zero attached hydrogens (tertiary/aromatic N) is 5. The van der Waals surface area contributed by atoms with Gasteiger partial charge in [0.1, 0.15) is 23.9 Å². The number of benzene rings is 1. The van der Waals surface area contributed by atoms with Crippen molar-refractivity contribution < 1.29 is 23.6 Å². The average molecular weight is 542 g/mol. The van der Waals surface area contributed by atoms with Crippen LogP contribution in [0, 0.1) is 5.82 Å². The van der Waals surface area contributed by atoms with Crippen LogP contribution in [0.5, 0.6) is 0 Å². The van der Waals surface area contributed by atoms with Gasteiger partial charge >= 0.3 is 12.1 Å². The third kappa shape index (κ3) is 6.17. The van der Waals surface area contributed by atoms with Crippen LogP contribution in [0.2, 0.25) is 0 Å². The van der Waals surface area contributed by atoms with Crippen molar-refractivity contribution in [3.63, 3.8) is 0 Å². The van der Waals surface area contributed by atoms with Gasteiger partial charge in [0.15, 0.2) is 0 Å². The van der Waals surface area contributed by atoms with Crippen LogP contribution in [0.15, 0.2) is 42.6 Å². The van der Waals surface area contributed by atoms with E-state index in [-0.39, 0.29) is 34.0 Å². The molecular formula is C29H42FN6O3+. The van der Waals surface area contributed by atoms with Crippen LogP contribution >= 0.6 is 0 Å². The Kier molecular flexibility index (Phi) is 8.46. The minimum absolute atomic E-state index is 0.0486. The summed E-state index contributed by atoms with van der Waals surface area (Å²) in [7, 11) is 1.76. The smallest absolute Gasteiger partial charge is 0.435 e. The van der Waals surface area contributed by atoms with Crippen LogP contribution < -0.4 is 10.2 Å². The lowest BCUT2D eigenvalue weighted by Gasteiger charge is -2.52. The van der Waals surface area contributed by atoms with Crippen molar-refractivity contribution in [1.82, 2.24) is 14.8 Å². The van der Waals surface area contributed by atoms with Crippen LogP contribution in [0.25, 0.3) is 0 Å². The largest absolute Gasteiger partial charge is 0.514 e. The highest BCUT2D eigenvalue weighted by molar-refractivity contribution is 5.91. The number of aromatic nitrogens is 1. The fourth-order valence-electron chi connectivity index (χ4n) is 6.12. The molecule has 0 radical (unpaired) electrons. The zero-order chi connectivity index (χ0) is 28.4. The first kappa shape index (κ1) is 28.8. The fraction of sp³-hybridized carbons (Fsp3) is 0.552. The van der Waals surface area contributed by atoms with Gasteiger partial charge < -0.3 is 15.3 Å². The highest BCUT2D eigenvalue weighted by Gasteiger charge is 2.54. The molecule has 2 atom stereocenters. The zero-order valence-electron chi connectivity index (χ0n) is 23.7. The first-order valence-corrected chi connectivity index (χ1v) is 13.7. The zero-order valence-corrected chi connectivity index (χ0v) is 23.7. The molecule has 2 aromatic rings. The van der Waals surface area contributed by atoms with E-state index in [9.17, 15) is 19.1 Å². The molecule has 0 aliphatic carbocycles. The van der Waals surface area contributed by atoms with E-state index in [0.29, 0.717) is 39.3 Å². The molecule has 4 rings (SSSR count). The number of piperidine rings is 1. The van der Waals surface area contributed by atoms with Crippen LogP contribution in [-0.4, -0.2) is 93.9 Å². The number of hydrogen-bond acceptors (Lipinski definition) is 5. The quantitative estimate of drug-likeness (QED) is 0.526. The van der Waals surface area contributed by atoms with Crippen LogP contribution in [-0.2, 0) is 6.54 Å². The summed E-state index contributed by atoms with van der Waals surface area (Å²) in [6.45, 7) is 11.8. The van der Waals surface area contributed by atoms with Gasteiger partial charge in [-0.2, -0.15) is 4.79 Å². The number of likely N-dealkylation sites (tertiary alicyclic amines) is 1. The van der Waals surface area contributed by atoms with Crippen LogP contribution in [0.4, 0.5) is 25.4 Å². The molecule has 0 bridgehead atoms. The second kappa shape index (κ2) is 11.5. The van der Waals surface area contributed by atoms with Crippen LogP contribution in [0.1, 0.15) is 46.2 Å². The number of pyridine rings is 1. The van der Waals surface area contributed by atoms with Crippen molar-refractivity contribution >= 4 is 23.5 Å². The number of hydrogen-bond donors (Lipinski definition) is 2. The molecule has 0 spiro atoms. The average Bonchev–Trinajstić information content (AvgIpc) is 2.88. The van der Waals surface area contributed by atoms with Gasteiger partial charge in [0.2, 0.25) is 0 Å². The van der Waals surface area contributed by atoms with E-state index in [2.05, 4.69) is 15.2 Å². The lowest BCUT2D eigenvalue weighted by atomic mass is 9.95. The molecule has 2 N–H and O–H groups in total. The third-order valence-corrected chi connectivity index (χ3v) is 8.41. The molecule has 10 heteroatoms. The molecule has 9 nitrogen and oxygen atoms in total. The maximum absolute atomic E-state index is 13.5. The Morgan fingerprint density at radius 2 is 1.90 bits per heavy atom. The van der Waals surface area contributed by atoms with Gasteiger partial charge in [-0.05, 0) is 70.9 Å². The van der Waals surface area contributed by atoms with Crippen molar-refractivity contribution in [2.45, 2.75) is 64.7 Å². The molecule has 0 saturated carbocycles. The normalized spacial score (nSPS) is 22.9. The van der Waals surface area contributed by atoms with Gasteiger partial charge in [-0.15, -0.1) is 0 Å². The molecular weight excluding hydrogens is 499 g/mol. The minimum Gasteiger partial charge on any atom is -0.435 e. The molecule has 2 aliphatic rings. The Labute approximate surface area is 230 Å². The van der Waals surface area contributed by atoms with Gasteiger partial charge in [-0.25, -0.2) is 13.7 Å². The number of quaternary nitrogens is 1. The molecule has 3 heterocycles. The lowest BCUT2D eigenvalue weighted by Crippen LogP contribution is -2.73. The van der Waals surface area contributed by atoms with E-state index < -0.39 is 6.09 Å². The predicted molar refractivity (Wildman–Crippen MR) is 150 cm³/mol. The standard InChI is InChI=1S/C29H41FN6O3/c1-21-19-34(15-16-36(21,28(38)39)29(2,3)4)20-25-9-10-26(18-31-25)33(5)27(37)35-13-11-23(12-14-35)32-24-8-6-7-22(30)17-24/h6-10,17-18,21,23,32H,11-16,19-20H2,1-5H3/p+1/t21-,36?/m0/s1. The molecule has 1 unspecified atom stereocenters. The number of urea groups is 1. The predicted octanol–water partition coefficient (Wildman–Crippen LogP) is 4.85. The van der Waals surface area contributed by atoms with E-state index >= 15 is 0 Å². The number of amides is 3. The van der Waals surface area contributed by atoms with Gasteiger partial charge in [-0.1, -0.05) is 6.07 Å². The minimum atomic E-state index is -0.767. The molecule has 39 heavy (non-hydrogen) atoms. The Hall–Kier alpha value is -3.24. The van der Waals surface area contributed by atoms with E-state index in [1.165, 1.54) is 12.1 Å². The second-order valence-electron chi connectivity index (χ2n) is 11.9. The molecule has 2 fully saturated rings. The molecule has 1 aromatic carbocycles. The summed E-state index contributed by atoms with van der Waals surface area (Å²) in [5.74, 6) is -0.264. The molecule has 212 valence electrons. The highest BCUT2D eigenvalue weighted by Crippen LogP contribution is 2.32. The molecule has 1 aromatic heterocycles. The SMILES string of the molecule is C[C@H]1CN(Cc2ccc(N(C)C(=O)N3CCC(Nc4cccc(F)c4)CC3)cn2)CC[N+]1(C(=O)O)C(C)(C)C. The third-order valence-electron chi connectivity index (χ3n) is 8.41. The number of anilines is 2. The highest BCUT2D eigenvalue weighted by atomic mass is 19.1. The summed E-state index contributed by atoms with van der Waals surface area (Å²) in [5, 5.41) is 13.4. The molecule has 2 saturated heterocycles. The van der Waals surface area contributed by atoms with Gasteiger partial charge in [0, 0.05) is 45.0 Å². The Balaban J connectivity index is 1.29. The number of carboxylic acid groups (broad SMARTS) is 1. The number of carbonyl (C=O) groups excluding carboxylic acids is 1. The number of carbonyl (C=O) groups is 2. The van der Waals surface area contributed by atoms with Crippen molar-refractivity contribution in [2.24, 2.45) is 0 Å². The first-order valence-electron chi connectivity index (χ1n) is 13.7. The number of piperazine rings is 1. The van der Waals surface area contributed by atoms with E-state index in [1.807, 2.05) is 50.8 Å². The van der Waals surface area contributed by atoms with Crippen molar-refractivity contribution in [3.8, 4) is 0 Å². The summed E-state index contributed by atoms with van der Waals surface area (Å²) in [5.41, 5.74) is 1.99. The fourth-order valence-corrected chi connectivity index (χ4v) is 6.12. The Morgan fingerprint density at radius 1 is 1.18 bits per heavy atom. The summed E-state index contributed by atoms with van der Waals surface area (Å²) in [6.07, 6.45) is 2.54. The first-order chi connectivity index (χ1) is 18.4. The van der Waals surface area contributed by atoms with E-state index in [4.69, 9.17) is 0 Å². The van der Waals surface area contributed by atoms with Gasteiger partial charge in [-0.3, -0.25) is 14.8 Å². The maximum Gasteiger partial charge on any atom is 0.514 e. The van der Waals surface area contributed by atoms with E-state index in [1.54, 1.807) is 24.2 Å². The lowest BCUT2D eigenvalue weighted by molar-refractivity contribution is -0.929. The van der Waals surface area contributed by atoms with Gasteiger partial charge in [0.05, 0.1) is 24.1 Å². The monoisotopic (exact) mass is 541 g/mol. The Bertz CT molecular complexity index is 1160. The van der Waals surface area contributed by atoms with Crippen molar-refractivity contribution in [1.29, 1.82) is 0 Å². The summed E-state index contributed by atoms with van der Waals surface area (Å²) in [6, 6.07) is 10.4. The molecule has 3 amide bonds. The van der Waals surface area contributed by atoms with E-state index in [0.717, 1.165) is 29.9 Å². The van der Waals surface area contributed by atoms with Crippen molar-refractivity contribution in [2.75, 3.05) is 50.0 Å². The number of nitrogens with one attached hydrogen (secondary N) is 1.